The van der Waals surface area contributed by atoms with Crippen molar-refractivity contribution in [3.63, 3.8) is 0 Å². The number of fused-ring (bicyclic) bond motifs is 1. The van der Waals surface area contributed by atoms with Gasteiger partial charge in [-0.05, 0) is 31.0 Å². The molecule has 1 aliphatic rings. The third kappa shape index (κ3) is 2.10. The smallest absolute Gasteiger partial charge is 0.256 e. The van der Waals surface area contributed by atoms with Crippen LogP contribution in [-0.4, -0.2) is 28.4 Å². The Bertz CT molecular complexity index is 640. The molecule has 1 aromatic carbocycles. The van der Waals surface area contributed by atoms with E-state index >= 15 is 0 Å². The summed E-state index contributed by atoms with van der Waals surface area (Å²) < 4.78 is 0. The van der Waals surface area contributed by atoms with Crippen molar-refractivity contribution in [3.8, 4) is 0 Å². The molecule has 0 bridgehead atoms. The molecule has 1 aromatic heterocycles. The van der Waals surface area contributed by atoms with Gasteiger partial charge >= 0.3 is 0 Å². The van der Waals surface area contributed by atoms with Crippen LogP contribution in [-0.2, 0) is 0 Å². The highest BCUT2D eigenvalue weighted by molar-refractivity contribution is 6.07. The molecule has 1 heterocycles. The van der Waals surface area contributed by atoms with Crippen LogP contribution < -0.4 is 5.73 Å². The van der Waals surface area contributed by atoms with Crippen molar-refractivity contribution in [1.29, 1.82) is 0 Å². The zero-order valence-electron chi connectivity index (χ0n) is 10.7. The Balaban J connectivity index is 2.00. The number of hydrogen-bond donors (Lipinski definition) is 2. The molecule has 0 saturated heterocycles. The molecule has 0 radical (unpaired) electrons. The van der Waals surface area contributed by atoms with Crippen LogP contribution >= 0.6 is 0 Å². The molecule has 1 amide bonds. The third-order valence-electron chi connectivity index (χ3n) is 3.51. The number of rotatable bonds is 4. The number of carbonyl (C=O) groups excluding carboxylic acids is 1. The molecule has 1 aliphatic carbocycles. The van der Waals surface area contributed by atoms with Gasteiger partial charge in [-0.25, -0.2) is 0 Å². The quantitative estimate of drug-likeness (QED) is 0.651. The second-order valence-corrected chi connectivity index (χ2v) is 4.98. The summed E-state index contributed by atoms with van der Waals surface area (Å²) in [4.78, 5) is 17.6. The number of H-pyrrole nitrogens is 1. The van der Waals surface area contributed by atoms with Gasteiger partial charge < -0.3 is 15.6 Å². The van der Waals surface area contributed by atoms with Crippen molar-refractivity contribution in [2.24, 2.45) is 0 Å². The molecule has 2 aromatic rings. The van der Waals surface area contributed by atoms with Crippen LogP contribution in [0.5, 0.6) is 0 Å². The normalized spacial score (nSPS) is 14.5. The summed E-state index contributed by atoms with van der Waals surface area (Å²) in [5.41, 5.74) is 8.10. The largest absolute Gasteiger partial charge is 0.399 e. The van der Waals surface area contributed by atoms with E-state index in [-0.39, 0.29) is 5.91 Å². The number of carbonyl (C=O) groups is 1. The van der Waals surface area contributed by atoms with Gasteiger partial charge in [0.15, 0.2) is 0 Å². The minimum atomic E-state index is 0.0549. The zero-order chi connectivity index (χ0) is 13.4. The first-order valence-corrected chi connectivity index (χ1v) is 6.49. The van der Waals surface area contributed by atoms with Crippen LogP contribution in [0.4, 0.5) is 5.69 Å². The second-order valence-electron chi connectivity index (χ2n) is 4.98. The van der Waals surface area contributed by atoms with E-state index < -0.39 is 0 Å². The van der Waals surface area contributed by atoms with Crippen LogP contribution in [0.1, 0.15) is 23.2 Å². The molecule has 4 heteroatoms. The highest BCUT2D eigenvalue weighted by Gasteiger charge is 2.33. The summed E-state index contributed by atoms with van der Waals surface area (Å²) in [6, 6.07) is 5.95. The first-order chi connectivity index (χ1) is 9.20. The molecule has 0 atom stereocenters. The molecular formula is C15H17N3O. The highest BCUT2D eigenvalue weighted by atomic mass is 16.2. The van der Waals surface area contributed by atoms with Crippen LogP contribution in [0.25, 0.3) is 10.9 Å². The summed E-state index contributed by atoms with van der Waals surface area (Å²) in [5.74, 6) is 0.0549. The Morgan fingerprint density at radius 3 is 3.00 bits per heavy atom. The van der Waals surface area contributed by atoms with E-state index in [0.717, 1.165) is 23.7 Å². The molecule has 0 aliphatic heterocycles. The van der Waals surface area contributed by atoms with Gasteiger partial charge in [-0.1, -0.05) is 6.08 Å². The molecule has 19 heavy (non-hydrogen) atoms. The molecule has 0 spiro atoms. The molecule has 3 N–H and O–H groups in total. The molecule has 1 fully saturated rings. The van der Waals surface area contributed by atoms with E-state index in [9.17, 15) is 4.79 Å². The lowest BCUT2D eigenvalue weighted by Crippen LogP contribution is -2.33. The Morgan fingerprint density at radius 1 is 1.53 bits per heavy atom. The lowest BCUT2D eigenvalue weighted by Gasteiger charge is -2.20. The van der Waals surface area contributed by atoms with Crippen molar-refractivity contribution < 1.29 is 4.79 Å². The first-order valence-electron chi connectivity index (χ1n) is 6.49. The number of nitrogens with one attached hydrogen (secondary N) is 1. The molecule has 1 saturated carbocycles. The van der Waals surface area contributed by atoms with Gasteiger partial charge in [-0.2, -0.15) is 0 Å². The van der Waals surface area contributed by atoms with Crippen LogP contribution in [0, 0.1) is 0 Å². The molecular weight excluding hydrogens is 238 g/mol. The molecule has 3 rings (SSSR count). The summed E-state index contributed by atoms with van der Waals surface area (Å²) in [5, 5.41) is 0.889. The predicted molar refractivity (Wildman–Crippen MR) is 77.0 cm³/mol. The van der Waals surface area contributed by atoms with Crippen molar-refractivity contribution in [2.45, 2.75) is 18.9 Å². The number of aromatic nitrogens is 1. The number of amides is 1. The van der Waals surface area contributed by atoms with E-state index in [1.807, 2.05) is 23.1 Å². The molecule has 98 valence electrons. The fourth-order valence-corrected chi connectivity index (χ4v) is 2.39. The van der Waals surface area contributed by atoms with E-state index in [2.05, 4.69) is 11.6 Å². The monoisotopic (exact) mass is 255 g/mol. The van der Waals surface area contributed by atoms with E-state index in [4.69, 9.17) is 5.73 Å². The molecule has 0 unspecified atom stereocenters. The molecule has 4 nitrogen and oxygen atoms in total. The van der Waals surface area contributed by atoms with Crippen molar-refractivity contribution in [3.05, 3.63) is 42.6 Å². The Labute approximate surface area is 111 Å². The van der Waals surface area contributed by atoms with Crippen LogP contribution in [0.3, 0.4) is 0 Å². The zero-order valence-corrected chi connectivity index (χ0v) is 10.7. The fourth-order valence-electron chi connectivity index (χ4n) is 2.39. The number of nitrogens with zero attached hydrogens (tertiary/aromatic N) is 1. The SMILES string of the molecule is C=CCN(C(=O)c1c[nH]c2ccc(N)cc12)C1CC1. The standard InChI is InChI=1S/C15H17N3O/c1-2-7-18(11-4-5-11)15(19)13-9-17-14-6-3-10(16)8-12(13)14/h2-3,6,8-9,11,17H,1,4-5,7,16H2. The average molecular weight is 255 g/mol. The summed E-state index contributed by atoms with van der Waals surface area (Å²) >= 11 is 0. The first kappa shape index (κ1) is 11.8. The number of aromatic amines is 1. The minimum absolute atomic E-state index is 0.0549. The Morgan fingerprint density at radius 2 is 2.32 bits per heavy atom. The number of benzene rings is 1. The third-order valence-corrected chi connectivity index (χ3v) is 3.51. The number of hydrogen-bond acceptors (Lipinski definition) is 2. The maximum atomic E-state index is 12.6. The second kappa shape index (κ2) is 4.46. The summed E-state index contributed by atoms with van der Waals surface area (Å²) in [6.45, 7) is 4.32. The number of nitrogen functional groups attached to an aromatic ring is 1. The van der Waals surface area contributed by atoms with Crippen molar-refractivity contribution >= 4 is 22.5 Å². The van der Waals surface area contributed by atoms with Gasteiger partial charge in [0, 0.05) is 35.4 Å². The van der Waals surface area contributed by atoms with Crippen molar-refractivity contribution in [2.75, 3.05) is 12.3 Å². The predicted octanol–water partition coefficient (Wildman–Crippen LogP) is 2.54. The van der Waals surface area contributed by atoms with Gasteiger partial charge in [0.2, 0.25) is 0 Å². The van der Waals surface area contributed by atoms with Crippen molar-refractivity contribution in [1.82, 2.24) is 9.88 Å². The van der Waals surface area contributed by atoms with Gasteiger partial charge in [0.05, 0.1) is 5.56 Å². The Hall–Kier alpha value is -2.23. The Kier molecular flexibility index (Phi) is 2.78. The van der Waals surface area contributed by atoms with E-state index in [1.165, 1.54) is 0 Å². The van der Waals surface area contributed by atoms with E-state index in [1.54, 1.807) is 12.3 Å². The van der Waals surface area contributed by atoms with E-state index in [0.29, 0.717) is 23.8 Å². The minimum Gasteiger partial charge on any atom is -0.399 e. The van der Waals surface area contributed by atoms with Gasteiger partial charge in [0.25, 0.3) is 5.91 Å². The highest BCUT2D eigenvalue weighted by Crippen LogP contribution is 2.30. The van der Waals surface area contributed by atoms with Gasteiger partial charge in [0.1, 0.15) is 0 Å². The summed E-state index contributed by atoms with van der Waals surface area (Å²) in [7, 11) is 0. The fraction of sp³-hybridized carbons (Fsp3) is 0.267. The lowest BCUT2D eigenvalue weighted by atomic mass is 10.1. The topological polar surface area (TPSA) is 62.1 Å². The maximum Gasteiger partial charge on any atom is 0.256 e. The van der Waals surface area contributed by atoms with Crippen LogP contribution in [0.15, 0.2) is 37.1 Å². The lowest BCUT2D eigenvalue weighted by molar-refractivity contribution is 0.0764. The van der Waals surface area contributed by atoms with Gasteiger partial charge in [-0.3, -0.25) is 4.79 Å². The maximum absolute atomic E-state index is 12.6. The van der Waals surface area contributed by atoms with Crippen LogP contribution in [0.2, 0.25) is 0 Å². The number of nitrogens with two attached hydrogens (primary N) is 1. The summed E-state index contributed by atoms with van der Waals surface area (Å²) in [6.07, 6.45) is 5.72. The number of anilines is 1. The average Bonchev–Trinajstić information content (AvgIpc) is 3.15. The van der Waals surface area contributed by atoms with Gasteiger partial charge in [-0.15, -0.1) is 6.58 Å².